The summed E-state index contributed by atoms with van der Waals surface area (Å²) in [4.78, 5) is 9.47. The molecule has 0 aliphatic heterocycles. The summed E-state index contributed by atoms with van der Waals surface area (Å²) in [5, 5.41) is 6.08. The van der Waals surface area contributed by atoms with E-state index in [2.05, 4.69) is 172 Å². The van der Waals surface area contributed by atoms with Crippen LogP contribution in [0.2, 0.25) is 0 Å². The molecule has 238 valence electrons. The highest BCUT2D eigenvalue weighted by atomic mass is 32.1. The quantitative estimate of drug-likeness (QED) is 0.187. The van der Waals surface area contributed by atoms with Gasteiger partial charge >= 0.3 is 0 Å². The minimum Gasteiger partial charge on any atom is -0.308 e. The summed E-state index contributed by atoms with van der Waals surface area (Å²) in [6.45, 7) is 0. The molecule has 51 heavy (non-hydrogen) atoms. The molecular formula is C46H28N4S. The van der Waals surface area contributed by atoms with Crippen molar-refractivity contribution >= 4 is 75.3 Å². The van der Waals surface area contributed by atoms with E-state index in [0.717, 1.165) is 32.6 Å². The fourth-order valence-electron chi connectivity index (χ4n) is 8.11. The van der Waals surface area contributed by atoms with Gasteiger partial charge in [-0.1, -0.05) is 115 Å². The Kier molecular flexibility index (Phi) is 6.09. The van der Waals surface area contributed by atoms with Gasteiger partial charge in [0.1, 0.15) is 6.33 Å². The van der Waals surface area contributed by atoms with Crippen LogP contribution in [0, 0.1) is 0 Å². The van der Waals surface area contributed by atoms with Gasteiger partial charge in [-0.15, -0.1) is 11.3 Å². The number of benzene rings is 7. The average molecular weight is 669 g/mol. The van der Waals surface area contributed by atoms with Crippen LogP contribution in [0.3, 0.4) is 0 Å². The SMILES string of the molecule is c1ccc(-c2cc(-c3ccccc3)cc(-n3c4ccccc4c4c5c(c6ccccc6n5-c5ccccc5)c5sc6cncnc6c5c43)c2)cc1. The Balaban J connectivity index is 1.41. The van der Waals surface area contributed by atoms with Crippen LogP contribution >= 0.6 is 11.3 Å². The van der Waals surface area contributed by atoms with E-state index in [-0.39, 0.29) is 0 Å². The smallest absolute Gasteiger partial charge is 0.116 e. The highest BCUT2D eigenvalue weighted by Gasteiger charge is 2.27. The monoisotopic (exact) mass is 668 g/mol. The van der Waals surface area contributed by atoms with Crippen LogP contribution in [-0.2, 0) is 0 Å². The molecule has 0 unspecified atom stereocenters. The van der Waals surface area contributed by atoms with Gasteiger partial charge in [0.15, 0.2) is 0 Å². The molecule has 0 saturated heterocycles. The lowest BCUT2D eigenvalue weighted by atomic mass is 9.98. The molecular weight excluding hydrogens is 641 g/mol. The summed E-state index contributed by atoms with van der Waals surface area (Å²) in [5.41, 5.74) is 12.7. The van der Waals surface area contributed by atoms with E-state index in [9.17, 15) is 0 Å². The molecule has 0 aliphatic carbocycles. The van der Waals surface area contributed by atoms with Gasteiger partial charge in [0.2, 0.25) is 0 Å². The maximum atomic E-state index is 4.99. The first-order valence-corrected chi connectivity index (χ1v) is 18.0. The third-order valence-corrected chi connectivity index (χ3v) is 11.3. The van der Waals surface area contributed by atoms with E-state index >= 15 is 0 Å². The average Bonchev–Trinajstić information content (AvgIpc) is 3.87. The van der Waals surface area contributed by atoms with Gasteiger partial charge in [-0.05, 0) is 64.7 Å². The van der Waals surface area contributed by atoms with Crippen molar-refractivity contribution in [3.05, 3.63) is 170 Å². The first-order valence-electron chi connectivity index (χ1n) is 17.2. The second-order valence-electron chi connectivity index (χ2n) is 13.0. The van der Waals surface area contributed by atoms with Gasteiger partial charge in [-0.3, -0.25) is 0 Å². The Hall–Kier alpha value is -6.56. The summed E-state index contributed by atoms with van der Waals surface area (Å²) in [7, 11) is 0. The molecule has 4 aromatic heterocycles. The predicted octanol–water partition coefficient (Wildman–Crippen LogP) is 12.4. The zero-order valence-corrected chi connectivity index (χ0v) is 28.2. The topological polar surface area (TPSA) is 35.6 Å². The van der Waals surface area contributed by atoms with E-state index in [4.69, 9.17) is 4.98 Å². The molecule has 0 fully saturated rings. The standard InChI is InChI=1S/C46H28N4S/c1-4-14-29(15-5-1)31-24-32(30-16-6-2-7-17-30)26-34(25-31)50-37-22-12-10-20-35(37)40-44-41(46-42(45(40)50)43-39(51-46)27-47-28-48-43)36-21-11-13-23-38(36)49(44)33-18-8-3-9-19-33/h1-28H. The number of rotatable bonds is 4. The molecule has 0 aliphatic rings. The molecule has 0 amide bonds. The van der Waals surface area contributed by atoms with Gasteiger partial charge < -0.3 is 9.13 Å². The minimum atomic E-state index is 0.986. The number of thiophene rings is 1. The third-order valence-electron chi connectivity index (χ3n) is 10.2. The normalized spacial score (nSPS) is 11.9. The Morgan fingerprint density at radius 2 is 0.980 bits per heavy atom. The number of aromatic nitrogens is 4. The van der Waals surface area contributed by atoms with Crippen LogP contribution < -0.4 is 0 Å². The summed E-state index contributed by atoms with van der Waals surface area (Å²) in [6, 6.07) is 56.9. The molecule has 0 N–H and O–H groups in total. The summed E-state index contributed by atoms with van der Waals surface area (Å²) in [6.07, 6.45) is 3.66. The van der Waals surface area contributed by atoms with Crippen molar-refractivity contribution in [3.63, 3.8) is 0 Å². The van der Waals surface area contributed by atoms with Crippen molar-refractivity contribution in [1.29, 1.82) is 0 Å². The second kappa shape index (κ2) is 11.0. The van der Waals surface area contributed by atoms with Gasteiger partial charge in [0.05, 0.1) is 32.3 Å². The molecule has 0 atom stereocenters. The second-order valence-corrected chi connectivity index (χ2v) is 14.1. The Morgan fingerprint density at radius 1 is 0.451 bits per heavy atom. The fraction of sp³-hybridized carbons (Fsp3) is 0. The molecule has 11 rings (SSSR count). The summed E-state index contributed by atoms with van der Waals surface area (Å²) in [5.74, 6) is 0. The fourth-order valence-corrected chi connectivity index (χ4v) is 9.30. The highest BCUT2D eigenvalue weighted by molar-refractivity contribution is 7.27. The first-order chi connectivity index (χ1) is 25.3. The van der Waals surface area contributed by atoms with Gasteiger partial charge in [0.25, 0.3) is 0 Å². The van der Waals surface area contributed by atoms with Crippen LogP contribution in [-0.4, -0.2) is 19.1 Å². The molecule has 7 aromatic carbocycles. The lowest BCUT2D eigenvalue weighted by Crippen LogP contribution is -1.97. The maximum Gasteiger partial charge on any atom is 0.116 e. The van der Waals surface area contributed by atoms with Crippen molar-refractivity contribution in [2.24, 2.45) is 0 Å². The number of hydrogen-bond donors (Lipinski definition) is 0. The minimum absolute atomic E-state index is 0.986. The van der Waals surface area contributed by atoms with Crippen LogP contribution in [0.25, 0.3) is 97.5 Å². The molecule has 0 bridgehead atoms. The number of fused-ring (bicyclic) bond motifs is 12. The summed E-state index contributed by atoms with van der Waals surface area (Å²) < 4.78 is 7.27. The molecule has 0 radical (unpaired) electrons. The van der Waals surface area contributed by atoms with Crippen LogP contribution in [0.4, 0.5) is 0 Å². The lowest BCUT2D eigenvalue weighted by molar-refractivity contribution is 1.18. The zero-order chi connectivity index (χ0) is 33.5. The zero-order valence-electron chi connectivity index (χ0n) is 27.4. The molecule has 4 nitrogen and oxygen atoms in total. The van der Waals surface area contributed by atoms with Crippen molar-refractivity contribution in [1.82, 2.24) is 19.1 Å². The van der Waals surface area contributed by atoms with E-state index in [1.807, 2.05) is 6.20 Å². The first kappa shape index (κ1) is 28.3. The Labute approximate surface area is 297 Å². The molecule has 4 heterocycles. The van der Waals surface area contributed by atoms with Crippen molar-refractivity contribution < 1.29 is 0 Å². The van der Waals surface area contributed by atoms with Crippen LogP contribution in [0.1, 0.15) is 0 Å². The van der Waals surface area contributed by atoms with Crippen molar-refractivity contribution in [2.75, 3.05) is 0 Å². The van der Waals surface area contributed by atoms with Crippen LogP contribution in [0.5, 0.6) is 0 Å². The summed E-state index contributed by atoms with van der Waals surface area (Å²) >= 11 is 1.79. The van der Waals surface area contributed by atoms with Crippen molar-refractivity contribution in [3.8, 4) is 33.6 Å². The highest BCUT2D eigenvalue weighted by Crippen LogP contribution is 2.51. The lowest BCUT2D eigenvalue weighted by Gasteiger charge is -2.15. The predicted molar refractivity (Wildman–Crippen MR) is 214 cm³/mol. The van der Waals surface area contributed by atoms with E-state index < -0.39 is 0 Å². The van der Waals surface area contributed by atoms with Crippen molar-refractivity contribution in [2.45, 2.75) is 0 Å². The van der Waals surface area contributed by atoms with Gasteiger partial charge in [0, 0.05) is 49.2 Å². The Bertz CT molecular complexity index is 3060. The molecule has 11 aromatic rings. The molecule has 0 spiro atoms. The van der Waals surface area contributed by atoms with Gasteiger partial charge in [-0.25, -0.2) is 9.97 Å². The number of hydrogen-bond acceptors (Lipinski definition) is 3. The maximum absolute atomic E-state index is 4.99. The largest absolute Gasteiger partial charge is 0.308 e. The Morgan fingerprint density at radius 3 is 1.63 bits per heavy atom. The van der Waals surface area contributed by atoms with E-state index in [1.54, 1.807) is 17.7 Å². The molecule has 5 heteroatoms. The van der Waals surface area contributed by atoms with E-state index in [1.165, 1.54) is 64.9 Å². The third kappa shape index (κ3) is 4.13. The molecule has 0 saturated carbocycles. The van der Waals surface area contributed by atoms with Gasteiger partial charge in [-0.2, -0.15) is 0 Å². The number of nitrogens with zero attached hydrogens (tertiary/aromatic N) is 4. The number of para-hydroxylation sites is 3. The van der Waals surface area contributed by atoms with E-state index in [0.29, 0.717) is 0 Å². The van der Waals surface area contributed by atoms with Crippen LogP contribution in [0.15, 0.2) is 170 Å².